The van der Waals surface area contributed by atoms with E-state index in [9.17, 15) is 5.11 Å². The third kappa shape index (κ3) is 3.44. The van der Waals surface area contributed by atoms with Crippen LogP contribution in [0.1, 0.15) is 32.1 Å². The Morgan fingerprint density at radius 1 is 1.22 bits per heavy atom. The van der Waals surface area contributed by atoms with Crippen LogP contribution < -0.4 is 5.32 Å². The van der Waals surface area contributed by atoms with Gasteiger partial charge >= 0.3 is 0 Å². The summed E-state index contributed by atoms with van der Waals surface area (Å²) in [4.78, 5) is 2.30. The number of likely N-dealkylation sites (N-methyl/N-ethyl adjacent to an activating group) is 1. The number of rotatable bonds is 6. The summed E-state index contributed by atoms with van der Waals surface area (Å²) in [5, 5.41) is 13.8. The van der Waals surface area contributed by atoms with Crippen LogP contribution in [0.4, 0.5) is 0 Å². The van der Waals surface area contributed by atoms with Gasteiger partial charge in [0.2, 0.25) is 0 Å². The van der Waals surface area contributed by atoms with E-state index in [0.29, 0.717) is 0 Å². The number of hydrogen-bond acceptors (Lipinski definition) is 4. The second kappa shape index (κ2) is 5.87. The van der Waals surface area contributed by atoms with Gasteiger partial charge in [0.15, 0.2) is 0 Å². The van der Waals surface area contributed by atoms with Gasteiger partial charge in [-0.1, -0.05) is 12.8 Å². The van der Waals surface area contributed by atoms with Crippen LogP contribution in [-0.2, 0) is 4.74 Å². The van der Waals surface area contributed by atoms with Crippen LogP contribution in [-0.4, -0.2) is 62.6 Å². The molecule has 0 amide bonds. The lowest BCUT2D eigenvalue weighted by molar-refractivity contribution is 0.00406. The largest absolute Gasteiger partial charge is 0.389 e. The van der Waals surface area contributed by atoms with E-state index in [1.807, 2.05) is 7.05 Å². The highest BCUT2D eigenvalue weighted by molar-refractivity contribution is 4.91. The molecule has 0 aromatic carbocycles. The van der Waals surface area contributed by atoms with Gasteiger partial charge in [0.25, 0.3) is 0 Å². The molecule has 18 heavy (non-hydrogen) atoms. The van der Waals surface area contributed by atoms with Crippen LogP contribution in [0.15, 0.2) is 0 Å². The molecular formula is C14H28N2O2. The first kappa shape index (κ1) is 14.3. The smallest absolute Gasteiger partial charge is 0.0774 e. The van der Waals surface area contributed by atoms with Crippen LogP contribution in [0.5, 0.6) is 0 Å². The van der Waals surface area contributed by atoms with Crippen molar-refractivity contribution in [1.29, 1.82) is 0 Å². The number of aliphatic hydroxyl groups is 1. The molecule has 0 aromatic heterocycles. The van der Waals surface area contributed by atoms with Gasteiger partial charge in [0.1, 0.15) is 0 Å². The van der Waals surface area contributed by atoms with Crippen LogP contribution in [0.2, 0.25) is 0 Å². The van der Waals surface area contributed by atoms with Crippen molar-refractivity contribution in [2.75, 3.05) is 46.9 Å². The molecule has 106 valence electrons. The molecule has 1 unspecified atom stereocenters. The maximum Gasteiger partial charge on any atom is 0.0774 e. The summed E-state index contributed by atoms with van der Waals surface area (Å²) in [6.45, 7) is 4.53. The van der Waals surface area contributed by atoms with E-state index < -0.39 is 5.60 Å². The Balaban J connectivity index is 1.86. The molecule has 0 bridgehead atoms. The first-order valence-electron chi connectivity index (χ1n) is 7.21. The van der Waals surface area contributed by atoms with Crippen LogP contribution >= 0.6 is 0 Å². The van der Waals surface area contributed by atoms with Gasteiger partial charge in [-0.3, -0.25) is 0 Å². The van der Waals surface area contributed by atoms with E-state index in [1.165, 1.54) is 12.8 Å². The lowest BCUT2D eigenvalue weighted by Crippen LogP contribution is -2.47. The minimum Gasteiger partial charge on any atom is -0.389 e. The first-order chi connectivity index (χ1) is 8.58. The quantitative estimate of drug-likeness (QED) is 0.739. The summed E-state index contributed by atoms with van der Waals surface area (Å²) in [5.41, 5.74) is -0.201. The Kier molecular flexibility index (Phi) is 4.64. The molecule has 0 aromatic rings. The molecule has 4 nitrogen and oxygen atoms in total. The minimum atomic E-state index is -0.435. The van der Waals surface area contributed by atoms with Gasteiger partial charge in [-0.2, -0.15) is 0 Å². The van der Waals surface area contributed by atoms with E-state index in [-0.39, 0.29) is 5.41 Å². The maximum absolute atomic E-state index is 10.5. The molecule has 1 heterocycles. The molecule has 4 heteroatoms. The lowest BCUT2D eigenvalue weighted by Gasteiger charge is -2.35. The van der Waals surface area contributed by atoms with Crippen molar-refractivity contribution in [3.8, 4) is 0 Å². The van der Waals surface area contributed by atoms with Crippen LogP contribution in [0.3, 0.4) is 0 Å². The van der Waals surface area contributed by atoms with Crippen molar-refractivity contribution in [3.05, 3.63) is 0 Å². The number of nitrogens with zero attached hydrogens (tertiary/aromatic N) is 1. The van der Waals surface area contributed by atoms with Gasteiger partial charge < -0.3 is 20.1 Å². The van der Waals surface area contributed by atoms with E-state index in [4.69, 9.17) is 4.74 Å². The summed E-state index contributed by atoms with van der Waals surface area (Å²) in [5.74, 6) is 0. The Morgan fingerprint density at radius 2 is 1.94 bits per heavy atom. The second-order valence-corrected chi connectivity index (χ2v) is 6.44. The standard InChI is InChI=1S/C14H28N2O2/c1-15-9-13(7-8-18-12-13)10-16(2)11-14(17)5-3-4-6-14/h15,17H,3-12H2,1-2H3. The van der Waals surface area contributed by atoms with E-state index in [0.717, 1.165) is 52.1 Å². The van der Waals surface area contributed by atoms with Crippen molar-refractivity contribution in [3.63, 3.8) is 0 Å². The number of nitrogens with one attached hydrogen (secondary N) is 1. The van der Waals surface area contributed by atoms with Gasteiger partial charge in [0, 0.05) is 31.7 Å². The SMILES string of the molecule is CNCC1(CN(C)CC2(O)CCCC2)CCOC1. The molecule has 0 radical (unpaired) electrons. The minimum absolute atomic E-state index is 0.235. The van der Waals surface area contributed by atoms with Crippen molar-refractivity contribution in [2.24, 2.45) is 5.41 Å². The molecule has 2 N–H and O–H groups in total. The third-order valence-corrected chi connectivity index (χ3v) is 4.44. The highest BCUT2D eigenvalue weighted by Crippen LogP contribution is 2.32. The predicted octanol–water partition coefficient (Wildman–Crippen LogP) is 0.849. The zero-order valence-corrected chi connectivity index (χ0v) is 11.9. The Hall–Kier alpha value is -0.160. The molecule has 1 aliphatic carbocycles. The highest BCUT2D eigenvalue weighted by Gasteiger charge is 2.38. The van der Waals surface area contributed by atoms with E-state index in [1.54, 1.807) is 0 Å². The summed E-state index contributed by atoms with van der Waals surface area (Å²) in [6.07, 6.45) is 5.40. The number of ether oxygens (including phenoxy) is 1. The fourth-order valence-corrected chi connectivity index (χ4v) is 3.67. The summed E-state index contributed by atoms with van der Waals surface area (Å²) >= 11 is 0. The molecule has 1 saturated carbocycles. The Labute approximate surface area is 111 Å². The fraction of sp³-hybridized carbons (Fsp3) is 1.00. The average Bonchev–Trinajstić information content (AvgIpc) is 2.89. The van der Waals surface area contributed by atoms with Crippen LogP contribution in [0.25, 0.3) is 0 Å². The summed E-state index contributed by atoms with van der Waals surface area (Å²) in [7, 11) is 4.14. The zero-order chi connectivity index (χ0) is 13.1. The normalized spacial score (nSPS) is 31.3. The van der Waals surface area contributed by atoms with Crippen molar-refractivity contribution >= 4 is 0 Å². The molecule has 1 saturated heterocycles. The molecule has 1 atom stereocenters. The van der Waals surface area contributed by atoms with Crippen LogP contribution in [0, 0.1) is 5.41 Å². The zero-order valence-electron chi connectivity index (χ0n) is 11.9. The third-order valence-electron chi connectivity index (χ3n) is 4.44. The van der Waals surface area contributed by atoms with E-state index in [2.05, 4.69) is 17.3 Å². The monoisotopic (exact) mass is 256 g/mol. The molecular weight excluding hydrogens is 228 g/mol. The predicted molar refractivity (Wildman–Crippen MR) is 72.7 cm³/mol. The topological polar surface area (TPSA) is 44.7 Å². The highest BCUT2D eigenvalue weighted by atomic mass is 16.5. The van der Waals surface area contributed by atoms with E-state index >= 15 is 0 Å². The molecule has 1 aliphatic heterocycles. The van der Waals surface area contributed by atoms with Gasteiger partial charge in [-0.15, -0.1) is 0 Å². The first-order valence-corrected chi connectivity index (χ1v) is 7.21. The van der Waals surface area contributed by atoms with Gasteiger partial charge in [-0.25, -0.2) is 0 Å². The van der Waals surface area contributed by atoms with Gasteiger partial charge in [-0.05, 0) is 33.4 Å². The molecule has 2 rings (SSSR count). The van der Waals surface area contributed by atoms with Crippen molar-refractivity contribution in [2.45, 2.75) is 37.7 Å². The van der Waals surface area contributed by atoms with Crippen molar-refractivity contribution < 1.29 is 9.84 Å². The van der Waals surface area contributed by atoms with Gasteiger partial charge in [0.05, 0.1) is 12.2 Å². The Morgan fingerprint density at radius 3 is 2.50 bits per heavy atom. The fourth-order valence-electron chi connectivity index (χ4n) is 3.67. The molecule has 0 spiro atoms. The molecule has 2 fully saturated rings. The summed E-state index contributed by atoms with van der Waals surface area (Å²) in [6, 6.07) is 0. The number of hydrogen-bond donors (Lipinski definition) is 2. The maximum atomic E-state index is 10.5. The Bertz CT molecular complexity index is 259. The van der Waals surface area contributed by atoms with Crippen molar-refractivity contribution in [1.82, 2.24) is 10.2 Å². The summed E-state index contributed by atoms with van der Waals surface area (Å²) < 4.78 is 5.58. The average molecular weight is 256 g/mol. The molecule has 2 aliphatic rings. The second-order valence-electron chi connectivity index (χ2n) is 6.44. The lowest BCUT2D eigenvalue weighted by atomic mass is 9.86.